The summed E-state index contributed by atoms with van der Waals surface area (Å²) in [5.41, 5.74) is 8.31. The summed E-state index contributed by atoms with van der Waals surface area (Å²) in [5, 5.41) is 10.5. The fourth-order valence-corrected chi connectivity index (χ4v) is 3.04. The molecule has 0 aliphatic heterocycles. The molecular weight excluding hydrogens is 333 g/mol. The van der Waals surface area contributed by atoms with E-state index in [1.807, 2.05) is 26.8 Å². The summed E-state index contributed by atoms with van der Waals surface area (Å²) in [7, 11) is 0. The summed E-state index contributed by atoms with van der Waals surface area (Å²) in [6.45, 7) is 12.1. The van der Waals surface area contributed by atoms with Crippen molar-refractivity contribution in [3.63, 3.8) is 0 Å². The van der Waals surface area contributed by atoms with Gasteiger partial charge < -0.3 is 5.11 Å². The predicted octanol–water partition coefficient (Wildman–Crippen LogP) is 5.92. The molecule has 0 amide bonds. The Kier molecular flexibility index (Phi) is 7.07. The first-order valence-corrected chi connectivity index (χ1v) is 7.90. The van der Waals surface area contributed by atoms with Crippen molar-refractivity contribution in [2.24, 2.45) is 4.99 Å². The topological polar surface area (TPSA) is 32.6 Å². The summed E-state index contributed by atoms with van der Waals surface area (Å²) >= 11 is 0. The van der Waals surface area contributed by atoms with Crippen LogP contribution in [0.1, 0.15) is 40.3 Å². The molecule has 0 atom stereocenters. The molecule has 0 unspecified atom stereocenters. The van der Waals surface area contributed by atoms with Crippen LogP contribution in [0.25, 0.3) is 5.76 Å². The zero-order valence-electron chi connectivity index (χ0n) is 15.3. The summed E-state index contributed by atoms with van der Waals surface area (Å²) in [5.74, 6) is 0.271. The SMILES string of the molecule is CC(/C=C(\O)c1c(C)cc(C)cc1C)=Nc1c(C)cccc1C.[V]. The molecule has 0 aliphatic carbocycles. The maximum atomic E-state index is 10.5. The van der Waals surface area contributed by atoms with Crippen molar-refractivity contribution in [2.75, 3.05) is 0 Å². The first kappa shape index (κ1) is 20.3. The maximum Gasteiger partial charge on any atom is 0.125 e. The summed E-state index contributed by atoms with van der Waals surface area (Å²) < 4.78 is 0. The van der Waals surface area contributed by atoms with Crippen molar-refractivity contribution in [1.29, 1.82) is 0 Å². The number of aliphatic imine (C=N–C) groups is 1. The maximum absolute atomic E-state index is 10.5. The molecule has 0 spiro atoms. The zero-order valence-corrected chi connectivity index (χ0v) is 16.7. The monoisotopic (exact) mass is 358 g/mol. The second-order valence-electron chi connectivity index (χ2n) is 6.30. The number of rotatable bonds is 3. The number of nitrogens with zero attached hydrogens (tertiary/aromatic N) is 1. The van der Waals surface area contributed by atoms with Crippen molar-refractivity contribution in [3.05, 3.63) is 69.8 Å². The molecule has 0 saturated heterocycles. The summed E-state index contributed by atoms with van der Waals surface area (Å²) in [4.78, 5) is 4.68. The van der Waals surface area contributed by atoms with Crippen LogP contribution >= 0.6 is 0 Å². The van der Waals surface area contributed by atoms with E-state index in [-0.39, 0.29) is 24.3 Å². The molecule has 0 aliphatic rings. The number of aliphatic hydroxyl groups is 1. The Labute approximate surface area is 157 Å². The molecule has 0 fully saturated rings. The number of hydrogen-bond donors (Lipinski definition) is 1. The van der Waals surface area contributed by atoms with E-state index in [4.69, 9.17) is 0 Å². The molecule has 3 heteroatoms. The normalized spacial score (nSPS) is 12.1. The van der Waals surface area contributed by atoms with E-state index in [1.165, 1.54) is 5.56 Å². The van der Waals surface area contributed by atoms with E-state index in [1.54, 1.807) is 6.08 Å². The average Bonchev–Trinajstić information content (AvgIpc) is 2.41. The van der Waals surface area contributed by atoms with Crippen molar-refractivity contribution in [3.8, 4) is 0 Å². The van der Waals surface area contributed by atoms with Crippen molar-refractivity contribution < 1.29 is 23.7 Å². The minimum Gasteiger partial charge on any atom is -0.507 e. The smallest absolute Gasteiger partial charge is 0.125 e. The van der Waals surface area contributed by atoms with Crippen LogP contribution in [0.15, 0.2) is 41.4 Å². The number of aryl methyl sites for hydroxylation is 5. The molecule has 1 N–H and O–H groups in total. The van der Waals surface area contributed by atoms with Crippen molar-refractivity contribution >= 4 is 17.2 Å². The molecular formula is C21H25NOV. The van der Waals surface area contributed by atoms with Gasteiger partial charge in [-0.1, -0.05) is 35.9 Å². The second kappa shape index (κ2) is 8.37. The van der Waals surface area contributed by atoms with E-state index < -0.39 is 0 Å². The van der Waals surface area contributed by atoms with Gasteiger partial charge in [-0.2, -0.15) is 0 Å². The Hall–Kier alpha value is -1.77. The van der Waals surface area contributed by atoms with Gasteiger partial charge in [-0.25, -0.2) is 0 Å². The number of allylic oxidation sites excluding steroid dienone is 1. The second-order valence-corrected chi connectivity index (χ2v) is 6.30. The third-order valence-corrected chi connectivity index (χ3v) is 4.01. The molecule has 0 bridgehead atoms. The van der Waals surface area contributed by atoms with E-state index in [2.05, 4.69) is 50.0 Å². The molecule has 0 saturated carbocycles. The van der Waals surface area contributed by atoms with Crippen molar-refractivity contribution in [2.45, 2.75) is 41.5 Å². The van der Waals surface area contributed by atoms with Gasteiger partial charge in [0.1, 0.15) is 5.76 Å². The third kappa shape index (κ3) is 4.62. The van der Waals surface area contributed by atoms with Crippen LogP contribution in [0.2, 0.25) is 0 Å². The van der Waals surface area contributed by atoms with Crippen LogP contribution < -0.4 is 0 Å². The van der Waals surface area contributed by atoms with Gasteiger partial charge in [-0.05, 0) is 63.8 Å². The number of hydrogen-bond acceptors (Lipinski definition) is 2. The fraction of sp³-hybridized carbons (Fsp3) is 0.286. The average molecular weight is 358 g/mol. The van der Waals surface area contributed by atoms with Crippen LogP contribution in [0.4, 0.5) is 5.69 Å². The largest absolute Gasteiger partial charge is 0.507 e. The van der Waals surface area contributed by atoms with Gasteiger partial charge in [0.2, 0.25) is 0 Å². The Balaban J connectivity index is 0.00000288. The van der Waals surface area contributed by atoms with E-state index in [0.29, 0.717) is 0 Å². The quantitative estimate of drug-likeness (QED) is 0.536. The molecule has 2 rings (SSSR count). The Morgan fingerprint density at radius 1 is 0.917 bits per heavy atom. The van der Waals surface area contributed by atoms with Crippen molar-refractivity contribution in [1.82, 2.24) is 0 Å². The Morgan fingerprint density at radius 3 is 1.92 bits per heavy atom. The van der Waals surface area contributed by atoms with Gasteiger partial charge in [0, 0.05) is 35.9 Å². The van der Waals surface area contributed by atoms with Gasteiger partial charge in [0.15, 0.2) is 0 Å². The number of benzene rings is 2. The third-order valence-electron chi connectivity index (χ3n) is 4.01. The molecule has 2 aromatic rings. The van der Waals surface area contributed by atoms with Gasteiger partial charge in [0.25, 0.3) is 0 Å². The predicted molar refractivity (Wildman–Crippen MR) is 99.9 cm³/mol. The Morgan fingerprint density at radius 2 is 1.42 bits per heavy atom. The molecule has 0 aromatic heterocycles. The van der Waals surface area contributed by atoms with Crippen LogP contribution in [0.3, 0.4) is 0 Å². The van der Waals surface area contributed by atoms with E-state index in [0.717, 1.165) is 39.2 Å². The number of aliphatic hydroxyl groups excluding tert-OH is 1. The zero-order chi connectivity index (χ0) is 17.1. The molecule has 2 nitrogen and oxygen atoms in total. The van der Waals surface area contributed by atoms with Gasteiger partial charge in [-0.3, -0.25) is 4.99 Å². The number of para-hydroxylation sites is 1. The fourth-order valence-electron chi connectivity index (χ4n) is 3.04. The van der Waals surface area contributed by atoms with Crippen LogP contribution in [-0.2, 0) is 18.6 Å². The van der Waals surface area contributed by atoms with Crippen LogP contribution in [-0.4, -0.2) is 10.8 Å². The Bertz CT molecular complexity index is 760. The van der Waals surface area contributed by atoms with Gasteiger partial charge >= 0.3 is 0 Å². The summed E-state index contributed by atoms with van der Waals surface area (Å²) in [6.07, 6.45) is 1.75. The van der Waals surface area contributed by atoms with Gasteiger partial charge in [-0.15, -0.1) is 0 Å². The van der Waals surface area contributed by atoms with Crippen LogP contribution in [0, 0.1) is 34.6 Å². The summed E-state index contributed by atoms with van der Waals surface area (Å²) in [6, 6.07) is 10.3. The molecule has 0 heterocycles. The first-order chi connectivity index (χ1) is 10.8. The molecule has 24 heavy (non-hydrogen) atoms. The van der Waals surface area contributed by atoms with Gasteiger partial charge in [0.05, 0.1) is 5.69 Å². The molecule has 125 valence electrons. The van der Waals surface area contributed by atoms with Crippen LogP contribution in [0.5, 0.6) is 0 Å². The van der Waals surface area contributed by atoms with E-state index >= 15 is 0 Å². The molecule has 2 aromatic carbocycles. The van der Waals surface area contributed by atoms with E-state index in [9.17, 15) is 5.11 Å². The first-order valence-electron chi connectivity index (χ1n) is 7.90. The standard InChI is InChI=1S/C21H25NO.V/c1-13-10-16(4)20(17(5)11-13)19(23)12-18(6)22-21-14(2)8-7-9-15(21)3;/h7-12,23H,1-6H3;/b19-12-,22-18?;. The molecule has 1 radical (unpaired) electrons. The minimum absolute atomic E-state index is 0. The minimum atomic E-state index is 0.